The van der Waals surface area contributed by atoms with Gasteiger partial charge in [0.15, 0.2) is 0 Å². The molecule has 1 rings (SSSR count). The van der Waals surface area contributed by atoms with Crippen molar-refractivity contribution in [1.82, 2.24) is 10.2 Å². The summed E-state index contributed by atoms with van der Waals surface area (Å²) in [7, 11) is 1.39. The van der Waals surface area contributed by atoms with Gasteiger partial charge in [0.25, 0.3) is 0 Å². The predicted molar refractivity (Wildman–Crippen MR) is 74.2 cm³/mol. The number of amides is 1. The predicted octanol–water partition coefficient (Wildman–Crippen LogP) is -0.0552. The molecule has 0 aromatic heterocycles. The number of hydrogen-bond acceptors (Lipinski definition) is 6. The lowest BCUT2D eigenvalue weighted by molar-refractivity contribution is -0.142. The number of piperidine rings is 1. The molecule has 0 radical (unpaired) electrons. The molecule has 116 valence electrons. The van der Waals surface area contributed by atoms with Crippen molar-refractivity contribution in [1.29, 1.82) is 0 Å². The fraction of sp³-hybridized carbons (Fsp3) is 0.846. The van der Waals surface area contributed by atoms with Crippen LogP contribution < -0.4 is 11.1 Å². The van der Waals surface area contributed by atoms with Gasteiger partial charge in [0, 0.05) is 38.6 Å². The van der Waals surface area contributed by atoms with E-state index in [4.69, 9.17) is 15.2 Å². The third-order valence-corrected chi connectivity index (χ3v) is 3.34. The number of rotatable bonds is 6. The summed E-state index contributed by atoms with van der Waals surface area (Å²) in [4.78, 5) is 25.1. The molecule has 0 aliphatic carbocycles. The van der Waals surface area contributed by atoms with Crippen LogP contribution in [-0.4, -0.2) is 62.9 Å². The fourth-order valence-corrected chi connectivity index (χ4v) is 2.58. The minimum absolute atomic E-state index is 0.0241. The third-order valence-electron chi connectivity index (χ3n) is 3.34. The molecule has 1 heterocycles. The number of carbonyl (C=O) groups is 2. The highest BCUT2D eigenvalue weighted by Crippen LogP contribution is 2.20. The van der Waals surface area contributed by atoms with E-state index in [0.717, 1.165) is 26.1 Å². The van der Waals surface area contributed by atoms with E-state index in [1.807, 2.05) is 0 Å². The largest absolute Gasteiger partial charge is 0.469 e. The Kier molecular flexibility index (Phi) is 7.32. The van der Waals surface area contributed by atoms with Gasteiger partial charge < -0.3 is 20.5 Å². The van der Waals surface area contributed by atoms with Crippen molar-refractivity contribution in [3.8, 4) is 0 Å². The Hall–Kier alpha value is -1.34. The first-order valence-electron chi connectivity index (χ1n) is 7.01. The van der Waals surface area contributed by atoms with Gasteiger partial charge in [-0.05, 0) is 19.3 Å². The maximum atomic E-state index is 11.5. The Balaban J connectivity index is 2.55. The van der Waals surface area contributed by atoms with Crippen molar-refractivity contribution in [2.24, 2.45) is 11.7 Å². The minimum atomic E-state index is -0.413. The molecule has 0 spiro atoms. The lowest BCUT2D eigenvalue weighted by atomic mass is 9.91. The molecule has 1 fully saturated rings. The highest BCUT2D eigenvalue weighted by molar-refractivity contribution is 5.69. The molecule has 0 aromatic carbocycles. The van der Waals surface area contributed by atoms with Gasteiger partial charge in [0.05, 0.1) is 13.7 Å². The van der Waals surface area contributed by atoms with Crippen molar-refractivity contribution in [2.75, 3.05) is 39.9 Å². The molecule has 2 atom stereocenters. The zero-order chi connectivity index (χ0) is 15.0. The van der Waals surface area contributed by atoms with Crippen LogP contribution in [0.2, 0.25) is 0 Å². The van der Waals surface area contributed by atoms with Crippen LogP contribution in [0.3, 0.4) is 0 Å². The van der Waals surface area contributed by atoms with E-state index in [9.17, 15) is 9.59 Å². The highest BCUT2D eigenvalue weighted by Gasteiger charge is 2.29. The highest BCUT2D eigenvalue weighted by atomic mass is 16.5. The molecule has 7 nitrogen and oxygen atoms in total. The molecule has 2 unspecified atom stereocenters. The Morgan fingerprint density at radius 3 is 2.75 bits per heavy atom. The van der Waals surface area contributed by atoms with Gasteiger partial charge in [0.2, 0.25) is 0 Å². The van der Waals surface area contributed by atoms with Crippen LogP contribution in [0.15, 0.2) is 0 Å². The zero-order valence-corrected chi connectivity index (χ0v) is 12.3. The lowest BCUT2D eigenvalue weighted by Gasteiger charge is -2.37. The van der Waals surface area contributed by atoms with Gasteiger partial charge in [-0.3, -0.25) is 9.69 Å². The lowest BCUT2D eigenvalue weighted by Crippen LogP contribution is -2.52. The summed E-state index contributed by atoms with van der Waals surface area (Å²) in [5.74, 6) is -0.0610. The number of nitrogens with two attached hydrogens (primary N) is 1. The summed E-state index contributed by atoms with van der Waals surface area (Å²) in [6.07, 6.45) is 0.692. The van der Waals surface area contributed by atoms with Crippen LogP contribution >= 0.6 is 0 Å². The number of carbonyl (C=O) groups excluding carboxylic acids is 2. The standard InChI is InChI=1S/C13H25N3O4/c1-3-20-13(18)15-11-6-10(7-12(17)19-2)8-16(9-11)5-4-14/h10-11H,3-9,14H2,1-2H3,(H,15,18). The van der Waals surface area contributed by atoms with Crippen LogP contribution in [0.4, 0.5) is 4.79 Å². The van der Waals surface area contributed by atoms with Crippen LogP contribution in [0.1, 0.15) is 19.8 Å². The van der Waals surface area contributed by atoms with E-state index in [-0.39, 0.29) is 17.9 Å². The van der Waals surface area contributed by atoms with Crippen LogP contribution in [0.5, 0.6) is 0 Å². The number of ether oxygens (including phenoxy) is 2. The number of likely N-dealkylation sites (tertiary alicyclic amines) is 1. The molecule has 0 aromatic rings. The van der Waals surface area contributed by atoms with Crippen LogP contribution in [0, 0.1) is 5.92 Å². The monoisotopic (exact) mass is 287 g/mol. The molecular formula is C13H25N3O4. The van der Waals surface area contributed by atoms with Crippen molar-refractivity contribution in [3.63, 3.8) is 0 Å². The summed E-state index contributed by atoms with van der Waals surface area (Å²) >= 11 is 0. The Bertz CT molecular complexity index is 325. The Morgan fingerprint density at radius 1 is 1.40 bits per heavy atom. The quantitative estimate of drug-likeness (QED) is 0.665. The average molecular weight is 287 g/mol. The van der Waals surface area contributed by atoms with Crippen molar-refractivity contribution >= 4 is 12.1 Å². The third kappa shape index (κ3) is 5.75. The first-order valence-corrected chi connectivity index (χ1v) is 7.01. The first kappa shape index (κ1) is 16.7. The van der Waals surface area contributed by atoms with Gasteiger partial charge >= 0.3 is 12.1 Å². The second-order valence-corrected chi connectivity index (χ2v) is 4.99. The van der Waals surface area contributed by atoms with Gasteiger partial charge in [-0.25, -0.2) is 4.79 Å². The number of alkyl carbamates (subject to hydrolysis) is 1. The van der Waals surface area contributed by atoms with E-state index in [2.05, 4.69) is 10.2 Å². The molecule has 1 aliphatic rings. The van der Waals surface area contributed by atoms with Crippen molar-refractivity contribution < 1.29 is 19.1 Å². The molecule has 0 saturated carbocycles. The second kappa shape index (κ2) is 8.76. The molecule has 1 amide bonds. The summed E-state index contributed by atoms with van der Waals surface area (Å²) < 4.78 is 9.60. The second-order valence-electron chi connectivity index (χ2n) is 4.99. The van der Waals surface area contributed by atoms with E-state index >= 15 is 0 Å². The molecule has 1 aliphatic heterocycles. The maximum absolute atomic E-state index is 11.5. The number of nitrogens with one attached hydrogen (secondary N) is 1. The van der Waals surface area contributed by atoms with Gasteiger partial charge in [-0.1, -0.05) is 0 Å². The van der Waals surface area contributed by atoms with Gasteiger partial charge in [-0.15, -0.1) is 0 Å². The molecule has 7 heteroatoms. The number of methoxy groups -OCH3 is 1. The normalized spacial score (nSPS) is 23.1. The van der Waals surface area contributed by atoms with E-state index in [1.54, 1.807) is 6.92 Å². The van der Waals surface area contributed by atoms with Gasteiger partial charge in [-0.2, -0.15) is 0 Å². The van der Waals surface area contributed by atoms with E-state index in [1.165, 1.54) is 7.11 Å². The summed E-state index contributed by atoms with van der Waals surface area (Å²) in [6.45, 7) is 4.94. The molecule has 0 bridgehead atoms. The van der Waals surface area contributed by atoms with E-state index in [0.29, 0.717) is 19.6 Å². The number of esters is 1. The Labute approximate surface area is 119 Å². The van der Waals surface area contributed by atoms with Gasteiger partial charge in [0.1, 0.15) is 0 Å². The topological polar surface area (TPSA) is 93.9 Å². The van der Waals surface area contributed by atoms with Crippen LogP contribution in [-0.2, 0) is 14.3 Å². The summed E-state index contributed by atoms with van der Waals surface area (Å²) in [5, 5.41) is 2.83. The average Bonchev–Trinajstić information content (AvgIpc) is 2.38. The smallest absolute Gasteiger partial charge is 0.407 e. The minimum Gasteiger partial charge on any atom is -0.469 e. The molecule has 3 N–H and O–H groups in total. The Morgan fingerprint density at radius 2 is 2.15 bits per heavy atom. The number of hydrogen-bond donors (Lipinski definition) is 2. The maximum Gasteiger partial charge on any atom is 0.407 e. The van der Waals surface area contributed by atoms with Crippen molar-refractivity contribution in [2.45, 2.75) is 25.8 Å². The number of nitrogens with zero attached hydrogens (tertiary/aromatic N) is 1. The molecule has 20 heavy (non-hydrogen) atoms. The van der Waals surface area contributed by atoms with Crippen molar-refractivity contribution in [3.05, 3.63) is 0 Å². The fourth-order valence-electron chi connectivity index (χ4n) is 2.58. The molecule has 1 saturated heterocycles. The summed E-state index contributed by atoms with van der Waals surface area (Å²) in [6, 6.07) is -0.0241. The first-order chi connectivity index (χ1) is 9.58. The SMILES string of the molecule is CCOC(=O)NC1CC(CC(=O)OC)CN(CCN)C1. The van der Waals surface area contributed by atoms with E-state index < -0.39 is 6.09 Å². The zero-order valence-electron chi connectivity index (χ0n) is 12.3. The summed E-state index contributed by atoms with van der Waals surface area (Å²) in [5.41, 5.74) is 5.58. The van der Waals surface area contributed by atoms with Crippen LogP contribution in [0.25, 0.3) is 0 Å². The molecular weight excluding hydrogens is 262 g/mol.